The molecule has 4 rings (SSSR count). The quantitative estimate of drug-likeness (QED) is 0.806. The zero-order valence-corrected chi connectivity index (χ0v) is 17.3. The second-order valence-electron chi connectivity index (χ2n) is 7.65. The number of hydrogen-bond acceptors (Lipinski definition) is 4. The molecule has 8 heteroatoms. The molecule has 0 spiro atoms. The van der Waals surface area contributed by atoms with Crippen LogP contribution in [0.15, 0.2) is 48.5 Å². The van der Waals surface area contributed by atoms with Gasteiger partial charge in [0.1, 0.15) is 0 Å². The number of nitrogens with zero attached hydrogens (tertiary/aromatic N) is 2. The van der Waals surface area contributed by atoms with Crippen molar-refractivity contribution < 1.29 is 13.2 Å². The highest BCUT2D eigenvalue weighted by Crippen LogP contribution is 2.38. The number of nitrogens with one attached hydrogen (secondary N) is 2. The molecule has 2 aliphatic rings. The van der Waals surface area contributed by atoms with Crippen LogP contribution < -0.4 is 14.9 Å². The summed E-state index contributed by atoms with van der Waals surface area (Å²) in [4.78, 5) is 16.8. The van der Waals surface area contributed by atoms with E-state index >= 15 is 0 Å². The molecule has 2 aliphatic heterocycles. The summed E-state index contributed by atoms with van der Waals surface area (Å²) in [6.07, 6.45) is 3.62. The van der Waals surface area contributed by atoms with Gasteiger partial charge < -0.3 is 15.1 Å². The second kappa shape index (κ2) is 8.04. The number of carbonyl (C=O) groups is 1. The Labute approximate surface area is 171 Å². The molecule has 29 heavy (non-hydrogen) atoms. The first-order chi connectivity index (χ1) is 13.9. The zero-order chi connectivity index (χ0) is 20.4. The number of amides is 2. The molecule has 2 aromatic rings. The third-order valence-electron chi connectivity index (χ3n) is 5.41. The summed E-state index contributed by atoms with van der Waals surface area (Å²) in [6.45, 7) is 1.85. The summed E-state index contributed by atoms with van der Waals surface area (Å²) >= 11 is 0. The van der Waals surface area contributed by atoms with Crippen molar-refractivity contribution in [2.75, 3.05) is 36.1 Å². The van der Waals surface area contributed by atoms with Crippen LogP contribution in [0.4, 0.5) is 21.9 Å². The Morgan fingerprint density at radius 2 is 1.76 bits per heavy atom. The highest BCUT2D eigenvalue weighted by Gasteiger charge is 2.27. The van der Waals surface area contributed by atoms with Gasteiger partial charge in [-0.05, 0) is 43.0 Å². The van der Waals surface area contributed by atoms with Crippen molar-refractivity contribution in [1.82, 2.24) is 9.62 Å². The fraction of sp³-hybridized carbons (Fsp3) is 0.381. The van der Waals surface area contributed by atoms with Gasteiger partial charge in [0, 0.05) is 31.4 Å². The summed E-state index contributed by atoms with van der Waals surface area (Å²) in [5, 5.41) is 3.04. The Kier molecular flexibility index (Phi) is 5.47. The number of sulfonamides is 1. The minimum Gasteiger partial charge on any atom is -0.339 e. The molecule has 0 radical (unpaired) electrons. The topological polar surface area (TPSA) is 81.8 Å². The van der Waals surface area contributed by atoms with E-state index in [1.165, 1.54) is 11.3 Å². The number of para-hydroxylation sites is 3. The van der Waals surface area contributed by atoms with Crippen LogP contribution >= 0.6 is 0 Å². The van der Waals surface area contributed by atoms with Crippen LogP contribution in [0.5, 0.6) is 0 Å². The lowest BCUT2D eigenvalue weighted by Gasteiger charge is -2.33. The van der Waals surface area contributed by atoms with E-state index in [1.54, 1.807) is 4.90 Å². The Hall–Kier alpha value is -2.58. The smallest absolute Gasteiger partial charge is 0.321 e. The van der Waals surface area contributed by atoms with Crippen molar-refractivity contribution in [3.8, 4) is 0 Å². The highest BCUT2D eigenvalue weighted by molar-refractivity contribution is 7.88. The van der Waals surface area contributed by atoms with Gasteiger partial charge in [0.05, 0.1) is 17.6 Å². The van der Waals surface area contributed by atoms with Gasteiger partial charge in [0.2, 0.25) is 10.0 Å². The molecule has 2 N–H and O–H groups in total. The van der Waals surface area contributed by atoms with Crippen LogP contribution in [-0.2, 0) is 16.4 Å². The number of fused-ring (bicyclic) bond motifs is 1. The van der Waals surface area contributed by atoms with Crippen LogP contribution in [0.2, 0.25) is 0 Å². The van der Waals surface area contributed by atoms with E-state index in [-0.39, 0.29) is 12.1 Å². The monoisotopic (exact) mass is 414 g/mol. The van der Waals surface area contributed by atoms with Crippen molar-refractivity contribution in [2.45, 2.75) is 25.3 Å². The van der Waals surface area contributed by atoms with Gasteiger partial charge in [-0.3, -0.25) is 0 Å². The fourth-order valence-electron chi connectivity index (χ4n) is 4.16. The van der Waals surface area contributed by atoms with Crippen molar-refractivity contribution in [2.24, 2.45) is 0 Å². The van der Waals surface area contributed by atoms with E-state index in [1.807, 2.05) is 36.4 Å². The number of anilines is 3. The first kappa shape index (κ1) is 19.7. The average molecular weight is 415 g/mol. The molecule has 1 atom stereocenters. The SMILES string of the molecule is CS(=O)(=O)NC1CCCN(C(=O)Nc2ccccc2N2CCc3ccccc32)C1. The molecule has 0 aromatic heterocycles. The highest BCUT2D eigenvalue weighted by atomic mass is 32.2. The van der Waals surface area contributed by atoms with Gasteiger partial charge in [-0.2, -0.15) is 0 Å². The molecule has 2 heterocycles. The molecule has 1 fully saturated rings. The van der Waals surface area contributed by atoms with Crippen LogP contribution in [0, 0.1) is 0 Å². The number of benzene rings is 2. The van der Waals surface area contributed by atoms with Crippen LogP contribution in [0.3, 0.4) is 0 Å². The van der Waals surface area contributed by atoms with Gasteiger partial charge in [-0.1, -0.05) is 30.3 Å². The predicted octanol–water partition coefficient (Wildman–Crippen LogP) is 2.93. The maximum atomic E-state index is 12.9. The van der Waals surface area contributed by atoms with Gasteiger partial charge in [-0.25, -0.2) is 17.9 Å². The molecule has 2 aromatic carbocycles. The molecule has 0 bridgehead atoms. The first-order valence-electron chi connectivity index (χ1n) is 9.88. The summed E-state index contributed by atoms with van der Waals surface area (Å²) < 4.78 is 25.7. The fourth-order valence-corrected chi connectivity index (χ4v) is 4.96. The minimum atomic E-state index is -3.29. The average Bonchev–Trinajstić information content (AvgIpc) is 3.11. The third-order valence-corrected chi connectivity index (χ3v) is 6.17. The second-order valence-corrected chi connectivity index (χ2v) is 9.43. The summed E-state index contributed by atoms with van der Waals surface area (Å²) in [6, 6.07) is 15.7. The van der Waals surface area contributed by atoms with E-state index in [4.69, 9.17) is 0 Å². The van der Waals surface area contributed by atoms with Crippen molar-refractivity contribution in [3.63, 3.8) is 0 Å². The van der Waals surface area contributed by atoms with Gasteiger partial charge >= 0.3 is 6.03 Å². The lowest BCUT2D eigenvalue weighted by Crippen LogP contribution is -2.50. The van der Waals surface area contributed by atoms with E-state index in [0.29, 0.717) is 13.1 Å². The lowest BCUT2D eigenvalue weighted by atomic mass is 10.1. The third kappa shape index (κ3) is 4.54. The standard InChI is InChI=1S/C21H26N4O3S/c1-29(27,28)23-17-8-6-13-24(15-17)21(26)22-18-9-3-5-11-20(18)25-14-12-16-7-2-4-10-19(16)25/h2-5,7,9-11,17,23H,6,8,12-15H2,1H3,(H,22,26). The molecular weight excluding hydrogens is 388 g/mol. The van der Waals surface area contributed by atoms with E-state index in [9.17, 15) is 13.2 Å². The summed E-state index contributed by atoms with van der Waals surface area (Å²) in [7, 11) is -3.29. The number of likely N-dealkylation sites (tertiary alicyclic amines) is 1. The summed E-state index contributed by atoms with van der Waals surface area (Å²) in [5.41, 5.74) is 4.20. The van der Waals surface area contributed by atoms with Crippen LogP contribution in [0.1, 0.15) is 18.4 Å². The van der Waals surface area contributed by atoms with Gasteiger partial charge in [-0.15, -0.1) is 0 Å². The molecule has 0 aliphatic carbocycles. The van der Waals surface area contributed by atoms with Crippen molar-refractivity contribution in [3.05, 3.63) is 54.1 Å². The molecular formula is C21H26N4O3S. The molecule has 154 valence electrons. The maximum absolute atomic E-state index is 12.9. The van der Waals surface area contributed by atoms with Crippen molar-refractivity contribution in [1.29, 1.82) is 0 Å². The minimum absolute atomic E-state index is 0.204. The largest absolute Gasteiger partial charge is 0.339 e. The number of rotatable bonds is 4. The van der Waals surface area contributed by atoms with Crippen LogP contribution in [-0.4, -0.2) is 51.3 Å². The molecule has 2 amide bonds. The Morgan fingerprint density at radius 1 is 1.03 bits per heavy atom. The van der Waals surface area contributed by atoms with Crippen LogP contribution in [0.25, 0.3) is 0 Å². The number of piperidine rings is 1. The molecule has 0 saturated carbocycles. The lowest BCUT2D eigenvalue weighted by molar-refractivity contribution is 0.190. The molecule has 1 saturated heterocycles. The molecule has 7 nitrogen and oxygen atoms in total. The number of carbonyl (C=O) groups excluding carboxylic acids is 1. The summed E-state index contributed by atoms with van der Waals surface area (Å²) in [5.74, 6) is 0. The van der Waals surface area contributed by atoms with E-state index in [2.05, 4.69) is 27.1 Å². The van der Waals surface area contributed by atoms with Gasteiger partial charge in [0.25, 0.3) is 0 Å². The van der Waals surface area contributed by atoms with Gasteiger partial charge in [0.15, 0.2) is 0 Å². The predicted molar refractivity (Wildman–Crippen MR) is 115 cm³/mol. The molecule has 1 unspecified atom stereocenters. The Balaban J connectivity index is 1.50. The number of urea groups is 1. The van der Waals surface area contributed by atoms with Crippen molar-refractivity contribution >= 4 is 33.1 Å². The van der Waals surface area contributed by atoms with E-state index in [0.717, 1.165) is 43.4 Å². The Morgan fingerprint density at radius 3 is 2.55 bits per heavy atom. The zero-order valence-electron chi connectivity index (χ0n) is 16.5. The first-order valence-corrected chi connectivity index (χ1v) is 11.8. The normalized spacial score (nSPS) is 19.1. The van der Waals surface area contributed by atoms with E-state index < -0.39 is 10.0 Å². The maximum Gasteiger partial charge on any atom is 0.321 e. The Bertz CT molecular complexity index is 1010. The number of hydrogen-bond donors (Lipinski definition) is 2.